The van der Waals surface area contributed by atoms with E-state index in [4.69, 9.17) is 5.26 Å². The quantitative estimate of drug-likeness (QED) is 0.805. The van der Waals surface area contributed by atoms with Gasteiger partial charge in [0.25, 0.3) is 0 Å². The summed E-state index contributed by atoms with van der Waals surface area (Å²) in [6, 6.07) is 4.50. The van der Waals surface area contributed by atoms with E-state index in [9.17, 15) is 0 Å². The van der Waals surface area contributed by atoms with Gasteiger partial charge in [-0.15, -0.1) is 0 Å². The third kappa shape index (κ3) is 3.58. The van der Waals surface area contributed by atoms with Gasteiger partial charge in [-0.2, -0.15) is 10.4 Å². The summed E-state index contributed by atoms with van der Waals surface area (Å²) >= 11 is 0. The highest BCUT2D eigenvalue weighted by Crippen LogP contribution is 2.13. The van der Waals surface area contributed by atoms with Crippen molar-refractivity contribution < 1.29 is 0 Å². The minimum Gasteiger partial charge on any atom is -0.303 e. The SMILES string of the molecule is CCc1cc(CC)n(CCCC(C)(C#N)NC)n1. The predicted molar refractivity (Wildman–Crippen MR) is 73.3 cm³/mol. The fraction of sp³-hybridized carbons (Fsp3) is 0.714. The molecule has 0 aliphatic heterocycles. The Balaban J connectivity index is 2.58. The summed E-state index contributed by atoms with van der Waals surface area (Å²) in [6.07, 6.45) is 3.79. The molecule has 1 rings (SSSR count). The second-order valence-electron chi connectivity index (χ2n) is 4.85. The van der Waals surface area contributed by atoms with Crippen molar-refractivity contribution in [2.75, 3.05) is 7.05 Å². The number of hydrogen-bond donors (Lipinski definition) is 1. The van der Waals surface area contributed by atoms with Crippen molar-refractivity contribution in [2.45, 2.75) is 58.5 Å². The van der Waals surface area contributed by atoms with E-state index in [1.54, 1.807) is 0 Å². The Kier molecular flexibility index (Phi) is 5.36. The van der Waals surface area contributed by atoms with Gasteiger partial charge in [0.05, 0.1) is 11.8 Å². The van der Waals surface area contributed by atoms with Crippen molar-refractivity contribution in [1.82, 2.24) is 15.1 Å². The molecule has 1 atom stereocenters. The van der Waals surface area contributed by atoms with Gasteiger partial charge in [0.2, 0.25) is 0 Å². The Morgan fingerprint density at radius 1 is 1.44 bits per heavy atom. The highest BCUT2D eigenvalue weighted by molar-refractivity contribution is 5.10. The molecule has 0 saturated heterocycles. The van der Waals surface area contributed by atoms with Crippen LogP contribution in [0, 0.1) is 11.3 Å². The van der Waals surface area contributed by atoms with Gasteiger partial charge in [-0.1, -0.05) is 13.8 Å². The molecule has 0 radical (unpaired) electrons. The van der Waals surface area contributed by atoms with Crippen LogP contribution in [0.2, 0.25) is 0 Å². The second kappa shape index (κ2) is 6.55. The van der Waals surface area contributed by atoms with Crippen LogP contribution in [0.15, 0.2) is 6.07 Å². The van der Waals surface area contributed by atoms with Gasteiger partial charge in [0.15, 0.2) is 0 Å². The molecular weight excluding hydrogens is 224 g/mol. The summed E-state index contributed by atoms with van der Waals surface area (Å²) < 4.78 is 2.09. The fourth-order valence-corrected chi connectivity index (χ4v) is 1.99. The Hall–Kier alpha value is -1.34. The maximum atomic E-state index is 9.09. The smallest absolute Gasteiger partial charge is 0.103 e. The number of nitrogens with one attached hydrogen (secondary N) is 1. The highest BCUT2D eigenvalue weighted by atomic mass is 15.3. The van der Waals surface area contributed by atoms with Gasteiger partial charge < -0.3 is 5.32 Å². The normalized spacial score (nSPS) is 14.2. The van der Waals surface area contributed by atoms with Gasteiger partial charge >= 0.3 is 0 Å². The molecule has 0 aliphatic carbocycles. The van der Waals surface area contributed by atoms with Crippen molar-refractivity contribution in [3.8, 4) is 6.07 Å². The highest BCUT2D eigenvalue weighted by Gasteiger charge is 2.20. The Morgan fingerprint density at radius 3 is 2.67 bits per heavy atom. The topological polar surface area (TPSA) is 53.6 Å². The molecule has 4 nitrogen and oxygen atoms in total. The average Bonchev–Trinajstić information content (AvgIpc) is 2.81. The van der Waals surface area contributed by atoms with E-state index >= 15 is 0 Å². The lowest BCUT2D eigenvalue weighted by atomic mass is 9.98. The standard InChI is InChI=1S/C14H24N4/c1-5-12-10-13(6-2)18(17-12)9-7-8-14(3,11-15)16-4/h10,16H,5-9H2,1-4H3. The molecule has 100 valence electrons. The monoisotopic (exact) mass is 248 g/mol. The minimum atomic E-state index is -0.423. The Labute approximate surface area is 110 Å². The van der Waals surface area contributed by atoms with Gasteiger partial charge in [-0.3, -0.25) is 4.68 Å². The maximum absolute atomic E-state index is 9.09. The fourth-order valence-electron chi connectivity index (χ4n) is 1.99. The molecule has 4 heteroatoms. The van der Waals surface area contributed by atoms with Gasteiger partial charge in [-0.05, 0) is 45.7 Å². The van der Waals surface area contributed by atoms with E-state index in [0.29, 0.717) is 0 Å². The Bertz CT molecular complexity index is 416. The van der Waals surface area contributed by atoms with Crippen molar-refractivity contribution >= 4 is 0 Å². The van der Waals surface area contributed by atoms with Crippen LogP contribution >= 0.6 is 0 Å². The molecule has 0 bridgehead atoms. The molecular formula is C14H24N4. The zero-order chi connectivity index (χ0) is 13.6. The van der Waals surface area contributed by atoms with E-state index in [-0.39, 0.29) is 0 Å². The summed E-state index contributed by atoms with van der Waals surface area (Å²) in [5, 5.41) is 16.7. The van der Waals surface area contributed by atoms with E-state index in [2.05, 4.69) is 41.1 Å². The minimum absolute atomic E-state index is 0.423. The van der Waals surface area contributed by atoms with Crippen LogP contribution in [0.1, 0.15) is 45.0 Å². The molecule has 1 unspecified atom stereocenters. The van der Waals surface area contributed by atoms with Crippen LogP contribution < -0.4 is 5.32 Å². The van der Waals surface area contributed by atoms with Crippen molar-refractivity contribution in [3.05, 3.63) is 17.5 Å². The summed E-state index contributed by atoms with van der Waals surface area (Å²) in [4.78, 5) is 0. The first kappa shape index (κ1) is 14.7. The van der Waals surface area contributed by atoms with Crippen LogP contribution in [-0.4, -0.2) is 22.4 Å². The van der Waals surface area contributed by atoms with E-state index in [1.165, 1.54) is 5.69 Å². The summed E-state index contributed by atoms with van der Waals surface area (Å²) in [6.45, 7) is 7.11. The van der Waals surface area contributed by atoms with Gasteiger partial charge in [0.1, 0.15) is 5.54 Å². The number of nitriles is 1. The average molecular weight is 248 g/mol. The maximum Gasteiger partial charge on any atom is 0.103 e. The molecule has 0 saturated carbocycles. The van der Waals surface area contributed by atoms with Crippen LogP contribution in [-0.2, 0) is 19.4 Å². The van der Waals surface area contributed by atoms with E-state index in [1.807, 2.05) is 14.0 Å². The van der Waals surface area contributed by atoms with Crippen LogP contribution in [0.5, 0.6) is 0 Å². The van der Waals surface area contributed by atoms with Gasteiger partial charge in [-0.25, -0.2) is 0 Å². The summed E-state index contributed by atoms with van der Waals surface area (Å²) in [5.74, 6) is 0. The number of nitrogens with zero attached hydrogens (tertiary/aromatic N) is 3. The molecule has 1 heterocycles. The van der Waals surface area contributed by atoms with E-state index < -0.39 is 5.54 Å². The zero-order valence-corrected chi connectivity index (χ0v) is 12.0. The molecule has 0 aliphatic rings. The molecule has 0 amide bonds. The molecule has 0 spiro atoms. The second-order valence-corrected chi connectivity index (χ2v) is 4.85. The lowest BCUT2D eigenvalue weighted by molar-refractivity contribution is 0.411. The first-order valence-corrected chi connectivity index (χ1v) is 6.74. The summed E-state index contributed by atoms with van der Waals surface area (Å²) in [5.41, 5.74) is 2.02. The molecule has 0 aromatic carbocycles. The lowest BCUT2D eigenvalue weighted by Gasteiger charge is -2.20. The molecule has 0 fully saturated rings. The van der Waals surface area contributed by atoms with E-state index in [0.717, 1.165) is 37.9 Å². The molecule has 1 N–H and O–H groups in total. The first-order valence-electron chi connectivity index (χ1n) is 6.74. The lowest BCUT2D eigenvalue weighted by Crippen LogP contribution is -2.38. The molecule has 1 aromatic rings. The van der Waals surface area contributed by atoms with Crippen LogP contribution in [0.4, 0.5) is 0 Å². The number of rotatable bonds is 7. The molecule has 18 heavy (non-hydrogen) atoms. The predicted octanol–water partition coefficient (Wildman–Crippen LogP) is 2.29. The number of aromatic nitrogens is 2. The zero-order valence-electron chi connectivity index (χ0n) is 12.0. The molecule has 1 aromatic heterocycles. The van der Waals surface area contributed by atoms with Crippen molar-refractivity contribution in [3.63, 3.8) is 0 Å². The van der Waals surface area contributed by atoms with Crippen LogP contribution in [0.3, 0.4) is 0 Å². The van der Waals surface area contributed by atoms with Crippen molar-refractivity contribution in [2.24, 2.45) is 0 Å². The Morgan fingerprint density at radius 2 is 2.17 bits per heavy atom. The first-order chi connectivity index (χ1) is 8.58. The summed E-state index contributed by atoms with van der Waals surface area (Å²) in [7, 11) is 1.84. The third-order valence-electron chi connectivity index (χ3n) is 3.48. The number of hydrogen-bond acceptors (Lipinski definition) is 3. The van der Waals surface area contributed by atoms with Gasteiger partial charge in [0, 0.05) is 12.2 Å². The number of aryl methyl sites for hydroxylation is 3. The van der Waals surface area contributed by atoms with Crippen molar-refractivity contribution in [1.29, 1.82) is 5.26 Å². The largest absolute Gasteiger partial charge is 0.303 e. The van der Waals surface area contributed by atoms with Crippen LogP contribution in [0.25, 0.3) is 0 Å². The third-order valence-corrected chi connectivity index (χ3v) is 3.48.